The molecule has 2 aromatic carbocycles. The lowest BCUT2D eigenvalue weighted by atomic mass is 10.0. The van der Waals surface area contributed by atoms with E-state index in [0.29, 0.717) is 29.2 Å². The average Bonchev–Trinajstić information content (AvgIpc) is 3.37. The summed E-state index contributed by atoms with van der Waals surface area (Å²) in [6.07, 6.45) is 4.24. The molecule has 1 N–H and O–H groups in total. The second-order valence-electron chi connectivity index (χ2n) is 8.06. The molecule has 1 aliphatic heterocycles. The maximum Gasteiger partial charge on any atom is 0.350 e. The number of thiophene rings is 1. The predicted molar refractivity (Wildman–Crippen MR) is 138 cm³/mol. The molecule has 8 heteroatoms. The van der Waals surface area contributed by atoms with E-state index in [4.69, 9.17) is 4.74 Å². The second kappa shape index (κ2) is 11.6. The van der Waals surface area contributed by atoms with Crippen molar-refractivity contribution in [3.8, 4) is 0 Å². The molecule has 3 aromatic rings. The Morgan fingerprint density at radius 3 is 2.34 bits per heavy atom. The molecule has 180 valence electrons. The van der Waals surface area contributed by atoms with E-state index >= 15 is 0 Å². The quantitative estimate of drug-likeness (QED) is 0.502. The van der Waals surface area contributed by atoms with Crippen molar-refractivity contribution in [2.24, 2.45) is 0 Å². The number of nitrogens with one attached hydrogen (secondary N) is 1. The number of anilines is 1. The van der Waals surface area contributed by atoms with Crippen LogP contribution in [-0.4, -0.2) is 67.4 Å². The van der Waals surface area contributed by atoms with Crippen LogP contribution in [0.4, 0.5) is 5.69 Å². The highest BCUT2D eigenvalue weighted by molar-refractivity contribution is 7.12. The second-order valence-corrected chi connectivity index (χ2v) is 8.98. The van der Waals surface area contributed by atoms with E-state index in [1.165, 1.54) is 18.4 Å². The predicted octanol–water partition coefficient (Wildman–Crippen LogP) is 4.26. The van der Waals surface area contributed by atoms with Crippen molar-refractivity contribution in [2.45, 2.75) is 0 Å². The average molecular weight is 490 g/mol. The molecule has 0 atom stereocenters. The molecule has 7 nitrogen and oxygen atoms in total. The van der Waals surface area contributed by atoms with Gasteiger partial charge in [-0.05, 0) is 29.1 Å². The zero-order chi connectivity index (χ0) is 24.6. The number of nitrogens with zero attached hydrogens (tertiary/aromatic N) is 2. The normalized spacial score (nSPS) is 14.1. The zero-order valence-electron chi connectivity index (χ0n) is 19.5. The van der Waals surface area contributed by atoms with Gasteiger partial charge in [0.1, 0.15) is 4.88 Å². The van der Waals surface area contributed by atoms with Gasteiger partial charge in [-0.3, -0.25) is 14.5 Å². The minimum Gasteiger partial charge on any atom is -0.465 e. The van der Waals surface area contributed by atoms with Crippen LogP contribution in [0.1, 0.15) is 36.0 Å². The lowest BCUT2D eigenvalue weighted by molar-refractivity contribution is 0.0606. The summed E-state index contributed by atoms with van der Waals surface area (Å²) in [6, 6.07) is 18.6. The summed E-state index contributed by atoms with van der Waals surface area (Å²) in [6.45, 7) is 3.52. The highest BCUT2D eigenvalue weighted by atomic mass is 32.1. The summed E-state index contributed by atoms with van der Waals surface area (Å²) < 4.78 is 4.77. The van der Waals surface area contributed by atoms with Crippen molar-refractivity contribution >= 4 is 40.9 Å². The maximum absolute atomic E-state index is 13.3. The fourth-order valence-electron chi connectivity index (χ4n) is 3.92. The minimum absolute atomic E-state index is 0.172. The summed E-state index contributed by atoms with van der Waals surface area (Å²) in [5.41, 5.74) is 2.15. The highest BCUT2D eigenvalue weighted by Gasteiger charge is 2.26. The van der Waals surface area contributed by atoms with Crippen molar-refractivity contribution in [3.63, 3.8) is 0 Å². The van der Waals surface area contributed by atoms with Crippen LogP contribution in [0.2, 0.25) is 0 Å². The molecule has 2 heterocycles. The molecule has 0 radical (unpaired) electrons. The van der Waals surface area contributed by atoms with Crippen molar-refractivity contribution in [1.29, 1.82) is 0 Å². The van der Waals surface area contributed by atoms with Gasteiger partial charge in [-0.15, -0.1) is 11.3 Å². The fourth-order valence-corrected chi connectivity index (χ4v) is 4.69. The summed E-state index contributed by atoms with van der Waals surface area (Å²) in [4.78, 5) is 42.6. The topological polar surface area (TPSA) is 78.9 Å². The third kappa shape index (κ3) is 6.03. The Kier molecular flexibility index (Phi) is 8.07. The maximum atomic E-state index is 13.3. The van der Waals surface area contributed by atoms with Gasteiger partial charge in [-0.1, -0.05) is 54.6 Å². The monoisotopic (exact) mass is 489 g/mol. The van der Waals surface area contributed by atoms with Crippen LogP contribution in [-0.2, 0) is 4.74 Å². The van der Waals surface area contributed by atoms with Gasteiger partial charge in [-0.25, -0.2) is 4.79 Å². The van der Waals surface area contributed by atoms with E-state index in [2.05, 4.69) is 34.5 Å². The van der Waals surface area contributed by atoms with Crippen LogP contribution < -0.4 is 5.32 Å². The molecule has 1 aliphatic rings. The zero-order valence-corrected chi connectivity index (χ0v) is 20.3. The van der Waals surface area contributed by atoms with Gasteiger partial charge >= 0.3 is 5.97 Å². The van der Waals surface area contributed by atoms with Crippen molar-refractivity contribution in [1.82, 2.24) is 9.80 Å². The minimum atomic E-state index is -0.517. The first-order chi connectivity index (χ1) is 17.1. The first kappa shape index (κ1) is 24.4. The molecule has 1 saturated heterocycles. The van der Waals surface area contributed by atoms with Gasteiger partial charge in [0.05, 0.1) is 23.9 Å². The first-order valence-corrected chi connectivity index (χ1v) is 12.2. The van der Waals surface area contributed by atoms with E-state index < -0.39 is 11.9 Å². The highest BCUT2D eigenvalue weighted by Crippen LogP contribution is 2.24. The molecule has 0 spiro atoms. The number of piperazine rings is 1. The number of benzene rings is 2. The Hall–Kier alpha value is -3.75. The molecular weight excluding hydrogens is 462 g/mol. The summed E-state index contributed by atoms with van der Waals surface area (Å²) >= 11 is 1.18. The molecule has 0 aliphatic carbocycles. The molecule has 35 heavy (non-hydrogen) atoms. The molecule has 4 rings (SSSR count). The summed E-state index contributed by atoms with van der Waals surface area (Å²) in [7, 11) is 1.29. The van der Waals surface area contributed by atoms with Crippen molar-refractivity contribution in [2.75, 3.05) is 45.2 Å². The number of esters is 1. The summed E-state index contributed by atoms with van der Waals surface area (Å²) in [5, 5.41) is 4.45. The SMILES string of the molecule is COC(=O)c1sccc1NC(=O)c1ccccc1C(=O)N1CCN(CC=Cc2ccccc2)CC1. The number of carbonyl (C=O) groups excluding carboxylic acids is 3. The van der Waals surface area contributed by atoms with E-state index in [9.17, 15) is 14.4 Å². The lowest BCUT2D eigenvalue weighted by Gasteiger charge is -2.34. The van der Waals surface area contributed by atoms with Crippen LogP contribution >= 0.6 is 11.3 Å². The van der Waals surface area contributed by atoms with Gasteiger partial charge < -0.3 is 15.0 Å². The molecule has 1 fully saturated rings. The number of ether oxygens (including phenoxy) is 1. The Labute approximate surface area is 208 Å². The van der Waals surface area contributed by atoms with Gasteiger partial charge in [0.25, 0.3) is 11.8 Å². The largest absolute Gasteiger partial charge is 0.465 e. The van der Waals surface area contributed by atoms with Crippen LogP contribution in [0.5, 0.6) is 0 Å². The van der Waals surface area contributed by atoms with Crippen LogP contribution in [0.3, 0.4) is 0 Å². The van der Waals surface area contributed by atoms with E-state index in [1.807, 2.05) is 18.2 Å². The van der Waals surface area contributed by atoms with E-state index in [-0.39, 0.29) is 11.5 Å². The number of rotatable bonds is 7. The number of amides is 2. The van der Waals surface area contributed by atoms with Gasteiger partial charge in [0.15, 0.2) is 0 Å². The van der Waals surface area contributed by atoms with Crippen LogP contribution in [0.25, 0.3) is 6.08 Å². The molecular formula is C27H27N3O4S. The van der Waals surface area contributed by atoms with Crippen molar-refractivity contribution < 1.29 is 19.1 Å². The number of methoxy groups -OCH3 is 1. The van der Waals surface area contributed by atoms with E-state index in [1.54, 1.807) is 40.6 Å². The van der Waals surface area contributed by atoms with Crippen molar-refractivity contribution in [3.05, 3.63) is 93.7 Å². The number of hydrogen-bond donors (Lipinski definition) is 1. The Morgan fingerprint density at radius 1 is 0.943 bits per heavy atom. The molecule has 0 bridgehead atoms. The molecule has 2 amide bonds. The Bertz CT molecular complexity index is 1210. The van der Waals surface area contributed by atoms with Gasteiger partial charge in [-0.2, -0.15) is 0 Å². The van der Waals surface area contributed by atoms with E-state index in [0.717, 1.165) is 25.2 Å². The van der Waals surface area contributed by atoms with Gasteiger partial charge in [0.2, 0.25) is 0 Å². The third-order valence-corrected chi connectivity index (χ3v) is 6.71. The Morgan fingerprint density at radius 2 is 1.63 bits per heavy atom. The summed E-state index contributed by atoms with van der Waals surface area (Å²) in [5.74, 6) is -1.13. The third-order valence-electron chi connectivity index (χ3n) is 5.82. The molecule has 0 unspecified atom stereocenters. The van der Waals surface area contributed by atoms with Crippen LogP contribution in [0.15, 0.2) is 72.1 Å². The number of carbonyl (C=O) groups is 3. The first-order valence-electron chi connectivity index (χ1n) is 11.4. The van der Waals surface area contributed by atoms with Crippen LogP contribution in [0, 0.1) is 0 Å². The lowest BCUT2D eigenvalue weighted by Crippen LogP contribution is -2.48. The fraction of sp³-hybridized carbons (Fsp3) is 0.222. The van der Waals surface area contributed by atoms with Gasteiger partial charge in [0, 0.05) is 32.7 Å². The standard InChI is InChI=1S/C27H27N3O4S/c1-34-27(33)24-23(13-19-35-24)28-25(31)21-11-5-6-12-22(21)26(32)30-17-15-29(16-18-30)14-7-10-20-8-3-2-4-9-20/h2-13,19H,14-18H2,1H3,(H,28,31). The molecule has 1 aromatic heterocycles. The Balaban J connectivity index is 1.38. The number of hydrogen-bond acceptors (Lipinski definition) is 6. The smallest absolute Gasteiger partial charge is 0.350 e. The molecule has 0 saturated carbocycles.